The Morgan fingerprint density at radius 2 is 1.69 bits per heavy atom. The number of H-pyrrole nitrogens is 1. The first-order chi connectivity index (χ1) is 15.5. The van der Waals surface area contributed by atoms with Crippen LogP contribution in [-0.4, -0.2) is 51.3 Å². The van der Waals surface area contributed by atoms with Crippen molar-refractivity contribution in [2.24, 2.45) is 11.8 Å². The second kappa shape index (κ2) is 11.4. The van der Waals surface area contributed by atoms with Crippen LogP contribution in [0.2, 0.25) is 0 Å². The third-order valence-electron chi connectivity index (χ3n) is 5.03. The number of nitrogens with one attached hydrogen (secondary N) is 3. The van der Waals surface area contributed by atoms with Crippen molar-refractivity contribution in [1.29, 1.82) is 0 Å². The molecule has 32 heavy (non-hydrogen) atoms. The maximum atomic E-state index is 12.5. The van der Waals surface area contributed by atoms with Gasteiger partial charge < -0.3 is 10.6 Å². The number of nitrogens with zero attached hydrogens (tertiary/aromatic N) is 3. The first kappa shape index (κ1) is 23.5. The molecule has 0 bridgehead atoms. The summed E-state index contributed by atoms with van der Waals surface area (Å²) in [6.07, 6.45) is 0.796. The predicted octanol–water partition coefficient (Wildman–Crippen LogP) is 2.97. The third-order valence-corrected chi connectivity index (χ3v) is 5.47. The fraction of sp³-hybridized carbons (Fsp3) is 0.348. The lowest BCUT2D eigenvalue weighted by atomic mass is 9.98. The van der Waals surface area contributed by atoms with Gasteiger partial charge in [0.05, 0.1) is 0 Å². The quantitative estimate of drug-likeness (QED) is 0.279. The molecule has 0 fully saturated rings. The summed E-state index contributed by atoms with van der Waals surface area (Å²) < 4.78 is 0. The van der Waals surface area contributed by atoms with Crippen molar-refractivity contribution >= 4 is 24.4 Å². The lowest BCUT2D eigenvalue weighted by Gasteiger charge is -2.16. The van der Waals surface area contributed by atoms with Crippen LogP contribution in [-0.2, 0) is 4.79 Å². The van der Waals surface area contributed by atoms with Crippen molar-refractivity contribution in [3.63, 3.8) is 0 Å². The second-order valence-electron chi connectivity index (χ2n) is 7.91. The number of thiol groups is 1. The van der Waals surface area contributed by atoms with Gasteiger partial charge in [-0.3, -0.25) is 9.59 Å². The number of rotatable bonds is 10. The van der Waals surface area contributed by atoms with E-state index in [0.717, 1.165) is 23.1 Å². The summed E-state index contributed by atoms with van der Waals surface area (Å²) in [7, 11) is 0. The standard InChI is InChI=1S/C23H28N6O2S/c1-15(2)13-18(14-32)23(31)25-12-11-24-22(30)17-9-7-16(8-10-17)19-5-3-4-6-20(19)21-26-28-29-27-21/h3-10,15,18,32H,11-14H2,1-2H3,(H,24,30)(H,25,31)(H,26,27,28,29). The normalized spacial score (nSPS) is 11.9. The summed E-state index contributed by atoms with van der Waals surface area (Å²) in [6, 6.07) is 15.1. The van der Waals surface area contributed by atoms with E-state index in [1.807, 2.05) is 36.4 Å². The van der Waals surface area contributed by atoms with Crippen LogP contribution in [0.3, 0.4) is 0 Å². The zero-order chi connectivity index (χ0) is 22.9. The van der Waals surface area contributed by atoms with E-state index in [-0.39, 0.29) is 17.7 Å². The highest BCUT2D eigenvalue weighted by Gasteiger charge is 2.17. The smallest absolute Gasteiger partial charge is 0.251 e. The number of hydrogen-bond acceptors (Lipinski definition) is 6. The van der Waals surface area contributed by atoms with Crippen LogP contribution in [0, 0.1) is 11.8 Å². The van der Waals surface area contributed by atoms with Crippen LogP contribution < -0.4 is 10.6 Å². The van der Waals surface area contributed by atoms with E-state index in [9.17, 15) is 9.59 Å². The van der Waals surface area contributed by atoms with Crippen LogP contribution in [0.25, 0.3) is 22.5 Å². The van der Waals surface area contributed by atoms with Crippen LogP contribution in [0.4, 0.5) is 0 Å². The Morgan fingerprint density at radius 3 is 2.31 bits per heavy atom. The number of benzene rings is 2. The molecule has 0 aliphatic heterocycles. The lowest BCUT2D eigenvalue weighted by molar-refractivity contribution is -0.124. The average Bonchev–Trinajstić information content (AvgIpc) is 3.35. The van der Waals surface area contributed by atoms with E-state index in [1.54, 1.807) is 12.1 Å². The van der Waals surface area contributed by atoms with Crippen molar-refractivity contribution in [3.8, 4) is 22.5 Å². The summed E-state index contributed by atoms with van der Waals surface area (Å²) in [5, 5.41) is 19.9. The molecule has 0 saturated carbocycles. The van der Waals surface area contributed by atoms with Crippen LogP contribution in [0.1, 0.15) is 30.6 Å². The van der Waals surface area contributed by atoms with Gasteiger partial charge >= 0.3 is 0 Å². The molecule has 0 aliphatic carbocycles. The maximum absolute atomic E-state index is 12.5. The summed E-state index contributed by atoms with van der Waals surface area (Å²) in [5.74, 6) is 1.13. The van der Waals surface area contributed by atoms with Crippen LogP contribution in [0.5, 0.6) is 0 Å². The Bertz CT molecular complexity index is 1020. The lowest BCUT2D eigenvalue weighted by Crippen LogP contribution is -2.38. The highest BCUT2D eigenvalue weighted by atomic mass is 32.1. The van der Waals surface area contributed by atoms with Crippen molar-refractivity contribution in [2.45, 2.75) is 20.3 Å². The third kappa shape index (κ3) is 6.16. The summed E-state index contributed by atoms with van der Waals surface area (Å²) in [4.78, 5) is 24.7. The van der Waals surface area contributed by atoms with Gasteiger partial charge in [-0.15, -0.1) is 10.2 Å². The Labute approximate surface area is 193 Å². The Hall–Kier alpha value is -3.20. The monoisotopic (exact) mass is 452 g/mol. The molecule has 9 heteroatoms. The molecule has 1 heterocycles. The van der Waals surface area contributed by atoms with E-state index < -0.39 is 0 Å². The maximum Gasteiger partial charge on any atom is 0.251 e. The zero-order valence-corrected chi connectivity index (χ0v) is 19.1. The number of carbonyl (C=O) groups excluding carboxylic acids is 2. The molecule has 8 nitrogen and oxygen atoms in total. The molecule has 0 radical (unpaired) electrons. The van der Waals surface area contributed by atoms with Crippen molar-refractivity contribution in [1.82, 2.24) is 31.3 Å². The first-order valence-corrected chi connectivity index (χ1v) is 11.2. The SMILES string of the molecule is CC(C)CC(CS)C(=O)NCCNC(=O)c1ccc(-c2ccccc2-c2nn[nH]n2)cc1. The van der Waals surface area contributed by atoms with Gasteiger partial charge in [-0.1, -0.05) is 50.2 Å². The topological polar surface area (TPSA) is 113 Å². The molecule has 0 spiro atoms. The van der Waals surface area contributed by atoms with Crippen LogP contribution >= 0.6 is 12.6 Å². The van der Waals surface area contributed by atoms with Crippen LogP contribution in [0.15, 0.2) is 48.5 Å². The van der Waals surface area contributed by atoms with Gasteiger partial charge in [0.25, 0.3) is 5.91 Å². The summed E-state index contributed by atoms with van der Waals surface area (Å²) in [5.41, 5.74) is 3.29. The molecule has 1 aromatic heterocycles. The molecule has 3 rings (SSSR count). The fourth-order valence-corrected chi connectivity index (χ4v) is 3.76. The minimum Gasteiger partial charge on any atom is -0.354 e. The molecule has 3 N–H and O–H groups in total. The number of tetrazole rings is 1. The molecular weight excluding hydrogens is 424 g/mol. The highest BCUT2D eigenvalue weighted by Crippen LogP contribution is 2.29. The number of aromatic nitrogens is 4. The van der Waals surface area contributed by atoms with Crippen molar-refractivity contribution in [2.75, 3.05) is 18.8 Å². The molecule has 2 aromatic carbocycles. The molecule has 3 aromatic rings. The second-order valence-corrected chi connectivity index (χ2v) is 8.28. The van der Waals surface area contributed by atoms with Crippen molar-refractivity contribution < 1.29 is 9.59 Å². The molecule has 0 aliphatic rings. The summed E-state index contributed by atoms with van der Waals surface area (Å²) >= 11 is 4.27. The van der Waals surface area contributed by atoms with Gasteiger partial charge in [-0.2, -0.15) is 17.8 Å². The molecular formula is C23H28N6O2S. The molecule has 1 atom stereocenters. The Balaban J connectivity index is 1.55. The van der Waals surface area contributed by atoms with Gasteiger partial charge in [0, 0.05) is 35.9 Å². The first-order valence-electron chi connectivity index (χ1n) is 10.6. The van der Waals surface area contributed by atoms with E-state index in [1.165, 1.54) is 0 Å². The number of carbonyl (C=O) groups is 2. The zero-order valence-electron chi connectivity index (χ0n) is 18.2. The molecule has 0 saturated heterocycles. The van der Waals surface area contributed by atoms with Gasteiger partial charge in [-0.25, -0.2) is 0 Å². The number of hydrogen-bond donors (Lipinski definition) is 4. The number of aromatic amines is 1. The predicted molar refractivity (Wildman–Crippen MR) is 127 cm³/mol. The highest BCUT2D eigenvalue weighted by molar-refractivity contribution is 7.80. The van der Waals surface area contributed by atoms with Gasteiger partial charge in [0.1, 0.15) is 0 Å². The van der Waals surface area contributed by atoms with E-state index >= 15 is 0 Å². The Kier molecular flexibility index (Phi) is 8.38. The molecule has 1 unspecified atom stereocenters. The summed E-state index contributed by atoms with van der Waals surface area (Å²) in [6.45, 7) is 4.90. The molecule has 168 valence electrons. The minimum absolute atomic E-state index is 0.0208. The van der Waals surface area contributed by atoms with E-state index in [2.05, 4.69) is 57.7 Å². The minimum atomic E-state index is -0.190. The van der Waals surface area contributed by atoms with Gasteiger partial charge in [-0.05, 0) is 40.8 Å². The van der Waals surface area contributed by atoms with E-state index in [4.69, 9.17) is 0 Å². The average molecular weight is 453 g/mol. The number of amides is 2. The van der Waals surface area contributed by atoms with E-state index in [0.29, 0.717) is 36.1 Å². The van der Waals surface area contributed by atoms with Gasteiger partial charge in [0.15, 0.2) is 0 Å². The largest absolute Gasteiger partial charge is 0.354 e. The van der Waals surface area contributed by atoms with Gasteiger partial charge in [0.2, 0.25) is 11.7 Å². The Morgan fingerprint density at radius 1 is 1.00 bits per heavy atom. The fourth-order valence-electron chi connectivity index (χ4n) is 3.45. The molecule has 2 amide bonds. The van der Waals surface area contributed by atoms with Crippen molar-refractivity contribution in [3.05, 3.63) is 54.1 Å².